The highest BCUT2D eigenvalue weighted by Crippen LogP contribution is 2.23. The number of benzene rings is 1. The van der Waals surface area contributed by atoms with Gasteiger partial charge in [-0.2, -0.15) is 0 Å². The molecule has 0 radical (unpaired) electrons. The van der Waals surface area contributed by atoms with Crippen LogP contribution in [0.5, 0.6) is 0 Å². The van der Waals surface area contributed by atoms with Crippen molar-refractivity contribution in [3.63, 3.8) is 0 Å². The van der Waals surface area contributed by atoms with Crippen molar-refractivity contribution in [2.45, 2.75) is 11.5 Å². The van der Waals surface area contributed by atoms with Crippen molar-refractivity contribution in [1.82, 2.24) is 5.32 Å². The minimum atomic E-state index is -3.11. The summed E-state index contributed by atoms with van der Waals surface area (Å²) in [6.45, 7) is 0. The molecule has 0 saturated heterocycles. The summed E-state index contributed by atoms with van der Waals surface area (Å²) in [5.74, 6) is -1.22. The molecule has 0 saturated carbocycles. The zero-order valence-electron chi connectivity index (χ0n) is 10.8. The van der Waals surface area contributed by atoms with E-state index in [-0.39, 0.29) is 24.1 Å². The Kier molecular flexibility index (Phi) is 4.74. The van der Waals surface area contributed by atoms with Gasteiger partial charge in [0.15, 0.2) is 15.8 Å². The Labute approximate surface area is 123 Å². The van der Waals surface area contributed by atoms with Gasteiger partial charge in [0, 0.05) is 11.8 Å². The van der Waals surface area contributed by atoms with Crippen LogP contribution in [0, 0.1) is 0 Å². The molecule has 1 heterocycles. The summed E-state index contributed by atoms with van der Waals surface area (Å²) in [7, 11) is -3.11. The van der Waals surface area contributed by atoms with E-state index < -0.39 is 15.6 Å². The largest absolute Gasteiger partial charge is 0.370 e. The molecular formula is C11H16ClN5O2S. The fourth-order valence-electron chi connectivity index (χ4n) is 1.77. The van der Waals surface area contributed by atoms with Crippen LogP contribution in [0.15, 0.2) is 34.3 Å². The monoisotopic (exact) mass is 317 g/mol. The molecule has 0 bridgehead atoms. The summed E-state index contributed by atoms with van der Waals surface area (Å²) >= 11 is 0. The Balaban J connectivity index is 0.00000200. The number of rotatable bonds is 3. The van der Waals surface area contributed by atoms with Crippen LogP contribution < -0.4 is 16.8 Å². The minimum Gasteiger partial charge on any atom is -0.370 e. The van der Waals surface area contributed by atoms with Gasteiger partial charge in [-0.05, 0) is 11.6 Å². The van der Waals surface area contributed by atoms with Crippen molar-refractivity contribution < 1.29 is 8.42 Å². The lowest BCUT2D eigenvalue weighted by Crippen LogP contribution is -2.44. The summed E-state index contributed by atoms with van der Waals surface area (Å²) in [6, 6.07) is 6.82. The van der Waals surface area contributed by atoms with Crippen LogP contribution in [-0.2, 0) is 21.4 Å². The van der Waals surface area contributed by atoms with Gasteiger partial charge in [0.2, 0.25) is 5.79 Å². The van der Waals surface area contributed by atoms with Gasteiger partial charge < -0.3 is 11.1 Å². The van der Waals surface area contributed by atoms with Crippen molar-refractivity contribution in [1.29, 1.82) is 0 Å². The topological polar surface area (TPSA) is 123 Å². The number of nitrogens with one attached hydrogen (secondary N) is 1. The molecule has 7 nitrogen and oxygen atoms in total. The Bertz CT molecular complexity index is 659. The normalized spacial score (nSPS) is 21.6. The lowest BCUT2D eigenvalue weighted by molar-refractivity contribution is 0.488. The van der Waals surface area contributed by atoms with Crippen molar-refractivity contribution in [3.05, 3.63) is 35.4 Å². The fraction of sp³-hybridized carbons (Fsp3) is 0.273. The molecule has 110 valence electrons. The number of aliphatic imine (C=N–C) groups is 2. The van der Waals surface area contributed by atoms with Gasteiger partial charge in [0.1, 0.15) is 0 Å². The molecule has 0 spiro atoms. The molecule has 0 aromatic heterocycles. The maximum Gasteiger partial charge on any atom is 0.233 e. The van der Waals surface area contributed by atoms with E-state index in [0.717, 1.165) is 0 Å². The van der Waals surface area contributed by atoms with Gasteiger partial charge in [-0.1, -0.05) is 18.2 Å². The maximum atomic E-state index is 11.3. The fourth-order valence-corrected chi connectivity index (χ4v) is 2.56. The van der Waals surface area contributed by atoms with E-state index in [0.29, 0.717) is 11.1 Å². The number of guanidine groups is 1. The van der Waals surface area contributed by atoms with Gasteiger partial charge in [-0.25, -0.2) is 18.4 Å². The Hall–Kier alpha value is -1.64. The van der Waals surface area contributed by atoms with Crippen LogP contribution >= 0.6 is 12.4 Å². The average Bonchev–Trinajstić information content (AvgIpc) is 2.26. The number of halogens is 1. The zero-order valence-corrected chi connectivity index (χ0v) is 12.4. The number of nitrogens with two attached hydrogens (primary N) is 2. The van der Waals surface area contributed by atoms with Gasteiger partial charge in [0.25, 0.3) is 0 Å². The first-order chi connectivity index (χ1) is 8.78. The van der Waals surface area contributed by atoms with Crippen molar-refractivity contribution >= 4 is 34.5 Å². The summed E-state index contributed by atoms with van der Waals surface area (Å²) in [5.41, 5.74) is 12.8. The van der Waals surface area contributed by atoms with E-state index in [1.165, 1.54) is 12.6 Å². The first kappa shape index (κ1) is 16.4. The molecule has 0 fully saturated rings. The van der Waals surface area contributed by atoms with Gasteiger partial charge in [0.05, 0.1) is 12.1 Å². The highest BCUT2D eigenvalue weighted by Gasteiger charge is 2.28. The third kappa shape index (κ3) is 3.92. The van der Waals surface area contributed by atoms with Crippen LogP contribution in [0.25, 0.3) is 0 Å². The van der Waals surface area contributed by atoms with Crippen molar-refractivity contribution in [2.75, 3.05) is 6.26 Å². The van der Waals surface area contributed by atoms with Crippen molar-refractivity contribution in [2.24, 2.45) is 21.5 Å². The van der Waals surface area contributed by atoms with E-state index in [1.807, 2.05) is 0 Å². The molecule has 1 aliphatic heterocycles. The second kappa shape index (κ2) is 5.78. The molecular weight excluding hydrogens is 302 g/mol. The van der Waals surface area contributed by atoms with Crippen LogP contribution in [0.2, 0.25) is 0 Å². The Morgan fingerprint density at radius 2 is 2.10 bits per heavy atom. The Morgan fingerprint density at radius 1 is 1.40 bits per heavy atom. The molecule has 20 heavy (non-hydrogen) atoms. The lowest BCUT2D eigenvalue weighted by Gasteiger charge is -2.24. The van der Waals surface area contributed by atoms with Crippen LogP contribution in [0.4, 0.5) is 0 Å². The quantitative estimate of drug-likeness (QED) is 0.704. The molecule has 2 rings (SSSR count). The molecule has 1 aliphatic rings. The number of sulfone groups is 1. The van der Waals surface area contributed by atoms with E-state index in [2.05, 4.69) is 15.3 Å². The second-order valence-corrected chi connectivity index (χ2v) is 6.54. The van der Waals surface area contributed by atoms with Crippen LogP contribution in [0.1, 0.15) is 11.1 Å². The van der Waals surface area contributed by atoms with Gasteiger partial charge in [-0.15, -0.1) is 12.4 Å². The first-order valence-corrected chi connectivity index (χ1v) is 7.56. The predicted octanol–water partition coefficient (Wildman–Crippen LogP) is -0.332. The van der Waals surface area contributed by atoms with Gasteiger partial charge >= 0.3 is 0 Å². The Morgan fingerprint density at radius 3 is 2.70 bits per heavy atom. The molecule has 0 amide bonds. The molecule has 1 aromatic carbocycles. The minimum absolute atomic E-state index is 0. The smallest absolute Gasteiger partial charge is 0.233 e. The average molecular weight is 318 g/mol. The van der Waals surface area contributed by atoms with Crippen LogP contribution in [0.3, 0.4) is 0 Å². The summed E-state index contributed by atoms with van der Waals surface area (Å²) < 4.78 is 22.6. The zero-order chi connectivity index (χ0) is 14.1. The SMILES string of the molecule is CS(=O)(=O)Cc1cccc(C2(N)N=CNC(N)=N2)c1.Cl. The van der Waals surface area contributed by atoms with Crippen molar-refractivity contribution in [3.8, 4) is 0 Å². The van der Waals surface area contributed by atoms with E-state index in [4.69, 9.17) is 11.5 Å². The molecule has 0 aliphatic carbocycles. The third-order valence-corrected chi connectivity index (χ3v) is 3.40. The lowest BCUT2D eigenvalue weighted by atomic mass is 10.1. The predicted molar refractivity (Wildman–Crippen MR) is 81.4 cm³/mol. The summed E-state index contributed by atoms with van der Waals surface area (Å²) in [5, 5.41) is 2.62. The first-order valence-electron chi connectivity index (χ1n) is 5.50. The standard InChI is InChI=1S/C11H15N5O2S.ClH/c1-19(17,18)6-8-3-2-4-9(5-8)11(13)15-7-14-10(12)16-11;/h2-5,7H,6,13H2,1H3,(H3,12,14,15,16);1H. The summed E-state index contributed by atoms with van der Waals surface area (Å²) in [6.07, 6.45) is 2.54. The van der Waals surface area contributed by atoms with E-state index in [1.54, 1.807) is 24.3 Å². The van der Waals surface area contributed by atoms with Gasteiger partial charge in [-0.3, -0.25) is 5.73 Å². The van der Waals surface area contributed by atoms with Crippen LogP contribution in [-0.4, -0.2) is 27.0 Å². The number of nitrogens with zero attached hydrogens (tertiary/aromatic N) is 2. The third-order valence-electron chi connectivity index (χ3n) is 2.55. The molecule has 9 heteroatoms. The molecule has 1 unspecified atom stereocenters. The molecule has 5 N–H and O–H groups in total. The number of hydrogen-bond acceptors (Lipinski definition) is 7. The maximum absolute atomic E-state index is 11.3. The number of hydrogen-bond donors (Lipinski definition) is 3. The molecule has 1 aromatic rings. The highest BCUT2D eigenvalue weighted by molar-refractivity contribution is 7.89. The second-order valence-electron chi connectivity index (χ2n) is 4.40. The molecule has 1 atom stereocenters. The van der Waals surface area contributed by atoms with E-state index in [9.17, 15) is 8.42 Å². The summed E-state index contributed by atoms with van der Waals surface area (Å²) in [4.78, 5) is 8.08. The van der Waals surface area contributed by atoms with E-state index >= 15 is 0 Å². The highest BCUT2D eigenvalue weighted by atomic mass is 35.5.